The third-order valence-corrected chi connectivity index (χ3v) is 13.2. The van der Waals surface area contributed by atoms with Crippen LogP contribution in [0.15, 0.2) is 36.9 Å². The molecule has 1 aromatic carbocycles. The number of thioether (sulfide) groups is 1. The van der Waals surface area contributed by atoms with E-state index in [2.05, 4.69) is 38.9 Å². The minimum Gasteiger partial charge on any atom is -0.404 e. The van der Waals surface area contributed by atoms with Crippen molar-refractivity contribution in [2.45, 2.75) is 63.4 Å². The van der Waals surface area contributed by atoms with E-state index in [1.807, 2.05) is 0 Å². The van der Waals surface area contributed by atoms with E-state index in [4.69, 9.17) is 35.0 Å². The Labute approximate surface area is 366 Å². The summed E-state index contributed by atoms with van der Waals surface area (Å²) in [4.78, 5) is 106. The molecule has 1 fully saturated rings. The molecule has 14 N–H and O–H groups in total. The van der Waals surface area contributed by atoms with Gasteiger partial charge in [0.25, 0.3) is 0 Å². The summed E-state index contributed by atoms with van der Waals surface area (Å²) in [6.07, 6.45) is -7.07. The Morgan fingerprint density at radius 3 is 2.25 bits per heavy atom. The maximum Gasteiger partial charge on any atom is 0.524 e. The number of phosphoric acid groups is 4. The predicted molar refractivity (Wildman–Crippen MR) is 218 cm³/mol. The highest BCUT2D eigenvalue weighted by molar-refractivity contribution is 8.13. The van der Waals surface area contributed by atoms with Crippen LogP contribution in [0.3, 0.4) is 0 Å². The van der Waals surface area contributed by atoms with Gasteiger partial charge in [0, 0.05) is 30.7 Å². The lowest BCUT2D eigenvalue weighted by atomic mass is 9.87. The first-order valence-electron chi connectivity index (χ1n) is 18.2. The number of rotatable bonds is 24. The molecular weight excluding hydrogens is 964 g/mol. The van der Waals surface area contributed by atoms with Crippen LogP contribution in [-0.2, 0) is 61.7 Å². The number of aliphatic hydroxyl groups excluding tert-OH is 2. The number of carbonyl (C=O) groups is 3. The molecule has 1 aliphatic heterocycles. The molecule has 2 aromatic heterocycles. The Kier molecular flexibility index (Phi) is 18.3. The summed E-state index contributed by atoms with van der Waals surface area (Å²) in [5.41, 5.74) is 10.7. The van der Waals surface area contributed by atoms with Gasteiger partial charge in [-0.05, 0) is 24.1 Å². The van der Waals surface area contributed by atoms with E-state index in [1.54, 1.807) is 0 Å². The Bertz CT molecular complexity index is 2320. The fraction of sp³-hybridized carbons (Fsp3) is 0.533. The third kappa shape index (κ3) is 16.2. The molecule has 8 unspecified atom stereocenters. The van der Waals surface area contributed by atoms with Crippen molar-refractivity contribution >= 4 is 77.0 Å². The zero-order chi connectivity index (χ0) is 47.8. The summed E-state index contributed by atoms with van der Waals surface area (Å²) in [7, 11) is -21.2. The number of fused-ring (bicyclic) bond motifs is 1. The van der Waals surface area contributed by atoms with Crippen LogP contribution in [0.5, 0.6) is 5.75 Å². The van der Waals surface area contributed by atoms with Crippen LogP contribution < -0.4 is 26.6 Å². The average Bonchev–Trinajstić information content (AvgIpc) is 3.74. The Morgan fingerprint density at radius 2 is 1.61 bits per heavy atom. The fourth-order valence-electron chi connectivity index (χ4n) is 5.55. The number of nitrogens with one attached hydrogen (secondary N) is 2. The number of nitrogens with two attached hydrogens (primary N) is 2. The second kappa shape index (κ2) is 22.0. The number of carbonyl (C=O) groups excluding carboxylic acids is 3. The summed E-state index contributed by atoms with van der Waals surface area (Å²) in [6, 6.07) is 4.68. The lowest BCUT2D eigenvalue weighted by Crippen LogP contribution is -2.46. The van der Waals surface area contributed by atoms with Crippen molar-refractivity contribution in [3.8, 4) is 5.75 Å². The van der Waals surface area contributed by atoms with Crippen molar-refractivity contribution in [1.29, 1.82) is 0 Å². The normalized spacial score (nSPS) is 21.1. The molecule has 1 saturated heterocycles. The summed E-state index contributed by atoms with van der Waals surface area (Å²) in [6.45, 7) is 0.121. The Balaban J connectivity index is 1.18. The van der Waals surface area contributed by atoms with Crippen LogP contribution in [0.4, 0.5) is 5.82 Å². The topological polar surface area (TPSA) is 456 Å². The van der Waals surface area contributed by atoms with Crippen LogP contribution in [-0.4, -0.2) is 139 Å². The van der Waals surface area contributed by atoms with Gasteiger partial charge in [0.05, 0.1) is 25.6 Å². The fourth-order valence-corrected chi connectivity index (χ4v) is 9.48. The van der Waals surface area contributed by atoms with Crippen LogP contribution in [0.1, 0.15) is 32.1 Å². The second-order valence-corrected chi connectivity index (χ2v) is 20.8. The van der Waals surface area contributed by atoms with Gasteiger partial charge in [0.2, 0.25) is 16.9 Å². The molecule has 64 heavy (non-hydrogen) atoms. The molecule has 0 aliphatic carbocycles. The summed E-state index contributed by atoms with van der Waals surface area (Å²) in [5, 5.41) is 26.0. The van der Waals surface area contributed by atoms with E-state index in [-0.39, 0.29) is 59.5 Å². The monoisotopic (exact) mass is 1010 g/mol. The van der Waals surface area contributed by atoms with E-state index in [0.717, 1.165) is 29.0 Å². The predicted octanol–water partition coefficient (Wildman–Crippen LogP) is -1.29. The molecule has 8 atom stereocenters. The molecule has 3 heterocycles. The van der Waals surface area contributed by atoms with E-state index >= 15 is 0 Å². The summed E-state index contributed by atoms with van der Waals surface area (Å²) in [5.74, 6) is -1.55. The van der Waals surface area contributed by atoms with Crippen LogP contribution in [0, 0.1) is 5.41 Å². The quantitative estimate of drug-likeness (QED) is 0.0367. The number of nitrogen functional groups attached to an aromatic ring is 1. The number of aliphatic hydroxyl groups is 2. The highest BCUT2D eigenvalue weighted by Gasteiger charge is 2.50. The van der Waals surface area contributed by atoms with Crippen molar-refractivity contribution in [1.82, 2.24) is 30.2 Å². The van der Waals surface area contributed by atoms with E-state index in [9.17, 15) is 62.4 Å². The zero-order valence-corrected chi connectivity index (χ0v) is 37.8. The van der Waals surface area contributed by atoms with E-state index < -0.39 is 98.4 Å². The number of hydrogen-bond donors (Lipinski definition) is 12. The third-order valence-electron chi connectivity index (χ3n) is 8.65. The van der Waals surface area contributed by atoms with Crippen molar-refractivity contribution in [2.24, 2.45) is 11.1 Å². The molecule has 0 saturated carbocycles. The van der Waals surface area contributed by atoms with Crippen LogP contribution in [0.2, 0.25) is 0 Å². The van der Waals surface area contributed by atoms with E-state index in [0.29, 0.717) is 5.56 Å². The molecule has 0 bridgehead atoms. The SMILES string of the molecule is CC(C)(COP(=O)(O)OP(=O)(O)OCC1OC(n2cnc3c(N)ncnc32)C(O)C1OP(=O)(O)O)C(O)C(=O)NCCC(=O)NCCSC(=O)C(N)Cc1ccc(OP(=O)(O)O)cc1. The number of imidazole rings is 1. The lowest BCUT2D eigenvalue weighted by molar-refractivity contribution is -0.137. The van der Waals surface area contributed by atoms with Gasteiger partial charge in [0.15, 0.2) is 17.7 Å². The summed E-state index contributed by atoms with van der Waals surface area (Å²) >= 11 is 0.856. The number of aromatic nitrogens is 4. The second-order valence-electron chi connectivity index (χ2n) is 14.3. The first kappa shape index (κ1) is 53.3. The maximum absolute atomic E-state index is 12.7. The van der Waals surface area contributed by atoms with Crippen molar-refractivity contribution in [3.63, 3.8) is 0 Å². The largest absolute Gasteiger partial charge is 0.524 e. The molecule has 0 spiro atoms. The number of amides is 2. The molecule has 3 aromatic rings. The van der Waals surface area contributed by atoms with Gasteiger partial charge in [-0.3, -0.25) is 42.3 Å². The Morgan fingerprint density at radius 1 is 0.953 bits per heavy atom. The molecule has 2 amide bonds. The zero-order valence-electron chi connectivity index (χ0n) is 33.4. The van der Waals surface area contributed by atoms with Crippen LogP contribution >= 0.6 is 43.1 Å². The van der Waals surface area contributed by atoms with Crippen molar-refractivity contribution < 1.29 is 99.4 Å². The van der Waals surface area contributed by atoms with Crippen LogP contribution in [0.25, 0.3) is 11.2 Å². The number of ether oxygens (including phenoxy) is 1. The first-order valence-corrected chi connectivity index (χ1v) is 25.3. The van der Waals surface area contributed by atoms with Gasteiger partial charge < -0.3 is 61.1 Å². The molecule has 34 heteroatoms. The molecule has 4 rings (SSSR count). The van der Waals surface area contributed by atoms with E-state index in [1.165, 1.54) is 38.1 Å². The minimum atomic E-state index is -5.61. The van der Waals surface area contributed by atoms with Gasteiger partial charge in [-0.1, -0.05) is 37.7 Å². The van der Waals surface area contributed by atoms with Gasteiger partial charge in [-0.15, -0.1) is 0 Å². The highest BCUT2D eigenvalue weighted by Crippen LogP contribution is 2.61. The van der Waals surface area contributed by atoms with Gasteiger partial charge >= 0.3 is 31.3 Å². The number of nitrogens with zero attached hydrogens (tertiary/aromatic N) is 4. The number of benzene rings is 1. The van der Waals surface area contributed by atoms with Gasteiger partial charge in [-0.2, -0.15) is 4.31 Å². The van der Waals surface area contributed by atoms with Crippen molar-refractivity contribution in [2.75, 3.05) is 37.8 Å². The number of anilines is 1. The molecule has 0 radical (unpaired) electrons. The maximum atomic E-state index is 12.7. The minimum absolute atomic E-state index is 0.0133. The highest BCUT2D eigenvalue weighted by atomic mass is 32.2. The smallest absolute Gasteiger partial charge is 0.404 e. The van der Waals surface area contributed by atoms with Crippen molar-refractivity contribution in [3.05, 3.63) is 42.5 Å². The average molecular weight is 1010 g/mol. The van der Waals surface area contributed by atoms with Gasteiger partial charge in [0.1, 0.15) is 42.0 Å². The molecule has 29 nitrogen and oxygen atoms in total. The standard InChI is InChI=1S/C30H46N8O21P4S/c1-30(2,24(41)27(42)34-8-7-20(39)33-9-10-64-29(43)18(31)11-16-3-5-17(6-4-16)57-60(44,45)46)13-55-63(52,53)59-62(50,51)54-12-19-23(58-61(47,48)49)22(40)28(56-19)38-15-37-21-25(32)35-14-36-26(21)38/h3-6,14-15,18-19,22-24,28,40-41H,7-13,31H2,1-2H3,(H,33,39)(H,34,42)(H,50,51)(H,52,53)(H2,32,35,36)(H2,44,45,46)(H2,47,48,49). The van der Waals surface area contributed by atoms with Gasteiger partial charge in [-0.25, -0.2) is 33.2 Å². The first-order chi connectivity index (χ1) is 29.6. The molecule has 358 valence electrons. The lowest BCUT2D eigenvalue weighted by Gasteiger charge is -2.30. The number of phosphoric ester groups is 4. The number of hydrogen-bond acceptors (Lipinski definition) is 21. The summed E-state index contributed by atoms with van der Waals surface area (Å²) < 4.78 is 77.6. The Hall–Kier alpha value is -3.31. The molecule has 1 aliphatic rings. The molecular formula is C30H46N8O21P4S.